The summed E-state index contributed by atoms with van der Waals surface area (Å²) in [6.07, 6.45) is 0.532. The van der Waals surface area contributed by atoms with Gasteiger partial charge in [-0.05, 0) is 62.9 Å². The highest BCUT2D eigenvalue weighted by molar-refractivity contribution is 6.24. The number of hydrogen-bond donors (Lipinski definition) is 4. The van der Waals surface area contributed by atoms with E-state index in [0.29, 0.717) is 44.5 Å². The summed E-state index contributed by atoms with van der Waals surface area (Å²) in [6.45, 7) is 1.67. The minimum absolute atomic E-state index is 0.0338. The van der Waals surface area contributed by atoms with Crippen molar-refractivity contribution in [2.75, 3.05) is 34.3 Å². The van der Waals surface area contributed by atoms with Crippen LogP contribution in [0.3, 0.4) is 0 Å². The van der Waals surface area contributed by atoms with Crippen molar-refractivity contribution in [3.8, 4) is 5.75 Å². The van der Waals surface area contributed by atoms with Crippen LogP contribution >= 0.6 is 0 Å². The van der Waals surface area contributed by atoms with E-state index < -0.39 is 64.2 Å². The number of aliphatic hydroxyl groups excluding tert-OH is 2. The van der Waals surface area contributed by atoms with E-state index in [2.05, 4.69) is 4.90 Å². The second kappa shape index (κ2) is 9.72. The lowest BCUT2D eigenvalue weighted by Crippen LogP contribution is -2.66. The first-order valence-electron chi connectivity index (χ1n) is 13.1. The van der Waals surface area contributed by atoms with E-state index in [4.69, 9.17) is 10.5 Å². The number of benzene rings is 1. The number of ketones is 2. The largest absolute Gasteiger partial charge is 0.508 e. The number of amides is 1. The Labute approximate surface area is 225 Å². The maximum atomic E-state index is 14.2. The average Bonchev–Trinajstić information content (AvgIpc) is 2.86. The quantitative estimate of drug-likeness (QED) is 0.405. The Morgan fingerprint density at radius 3 is 2.46 bits per heavy atom. The molecule has 1 saturated heterocycles. The average molecular weight is 544 g/mol. The Bertz CT molecular complexity index is 1310. The highest BCUT2D eigenvalue weighted by Gasteiger charge is 2.65. The molecular weight excluding hydrogens is 509 g/mol. The number of ether oxygens (including phenoxy) is 1. The zero-order chi connectivity index (χ0) is 28.4. The molecular formula is C28H34FN3O7. The van der Waals surface area contributed by atoms with Gasteiger partial charge in [0, 0.05) is 38.2 Å². The molecule has 4 aliphatic rings. The van der Waals surface area contributed by atoms with Crippen LogP contribution in [0, 0.1) is 11.8 Å². The predicted molar refractivity (Wildman–Crippen MR) is 138 cm³/mol. The number of rotatable bonds is 5. The number of nitrogens with two attached hydrogens (primary N) is 1. The summed E-state index contributed by atoms with van der Waals surface area (Å²) in [7, 11) is 4.46. The van der Waals surface area contributed by atoms with Crippen molar-refractivity contribution in [3.05, 3.63) is 45.7 Å². The molecule has 1 heterocycles. The fourth-order valence-electron chi connectivity index (χ4n) is 7.08. The molecule has 2 fully saturated rings. The van der Waals surface area contributed by atoms with Crippen LogP contribution < -0.4 is 5.73 Å². The number of nitrogens with zero attached hydrogens (tertiary/aromatic N) is 2. The van der Waals surface area contributed by atoms with Gasteiger partial charge in [-0.25, -0.2) is 4.39 Å². The molecule has 0 aromatic heterocycles. The van der Waals surface area contributed by atoms with Crippen LogP contribution in [-0.2, 0) is 32.1 Å². The van der Waals surface area contributed by atoms with E-state index >= 15 is 0 Å². The molecule has 1 amide bonds. The number of piperidine rings is 1. The van der Waals surface area contributed by atoms with E-state index in [1.54, 1.807) is 25.1 Å². The summed E-state index contributed by atoms with van der Waals surface area (Å²) in [5, 5.41) is 33.4. The SMILES string of the molecule is CO[C@]12C(=O)C3=C(O)c4c(O)ccc(CN5CCC(F)CC5)c4CC3CC1[C@H](N(C)C)C(=O)C(C(N)=O)=C2O. The third-order valence-electron chi connectivity index (χ3n) is 8.90. The number of Topliss-reactive ketones (excluding diaryl/α,β-unsaturated/α-hetero) is 2. The van der Waals surface area contributed by atoms with Gasteiger partial charge >= 0.3 is 0 Å². The number of likely N-dealkylation sites (tertiary alicyclic amines) is 1. The fraction of sp³-hybridized carbons (Fsp3) is 0.536. The summed E-state index contributed by atoms with van der Waals surface area (Å²) in [6, 6.07) is 2.24. The van der Waals surface area contributed by atoms with Crippen molar-refractivity contribution in [2.45, 2.75) is 50.0 Å². The van der Waals surface area contributed by atoms with E-state index in [1.165, 1.54) is 13.2 Å². The van der Waals surface area contributed by atoms with Crippen molar-refractivity contribution in [2.24, 2.45) is 17.6 Å². The van der Waals surface area contributed by atoms with Crippen molar-refractivity contribution in [1.29, 1.82) is 0 Å². The van der Waals surface area contributed by atoms with Crippen LogP contribution in [0.15, 0.2) is 29.0 Å². The maximum Gasteiger partial charge on any atom is 0.255 e. The van der Waals surface area contributed by atoms with Gasteiger partial charge in [0.2, 0.25) is 5.78 Å². The lowest BCUT2D eigenvalue weighted by molar-refractivity contribution is -0.159. The number of aromatic hydroxyl groups is 1. The van der Waals surface area contributed by atoms with E-state index in [-0.39, 0.29) is 23.3 Å². The van der Waals surface area contributed by atoms with Crippen molar-refractivity contribution in [1.82, 2.24) is 9.80 Å². The number of phenolic OH excluding ortho intramolecular Hbond substituents is 1. The molecule has 1 aromatic carbocycles. The van der Waals surface area contributed by atoms with E-state index in [1.807, 2.05) is 0 Å². The molecule has 1 aliphatic heterocycles. The Hall–Kier alpha value is -3.28. The third kappa shape index (κ3) is 3.97. The van der Waals surface area contributed by atoms with Gasteiger partial charge in [0.05, 0.1) is 11.6 Å². The first-order chi connectivity index (χ1) is 18.4. The van der Waals surface area contributed by atoms with Crippen LogP contribution in [0.2, 0.25) is 0 Å². The number of phenols is 1. The van der Waals surface area contributed by atoms with Gasteiger partial charge in [0.25, 0.3) is 5.91 Å². The molecule has 210 valence electrons. The van der Waals surface area contributed by atoms with Crippen LogP contribution in [-0.4, -0.2) is 94.7 Å². The van der Waals surface area contributed by atoms with E-state index in [0.717, 1.165) is 5.56 Å². The lowest BCUT2D eigenvalue weighted by Gasteiger charge is -2.52. The molecule has 10 nitrogen and oxygen atoms in total. The number of carbonyl (C=O) groups excluding carboxylic acids is 3. The Balaban J connectivity index is 1.65. The topological polar surface area (TPSA) is 154 Å². The van der Waals surface area contributed by atoms with E-state index in [9.17, 15) is 34.1 Å². The molecule has 0 bridgehead atoms. The molecule has 1 aromatic rings. The maximum absolute atomic E-state index is 14.2. The number of carbonyl (C=O) groups is 3. The Morgan fingerprint density at radius 2 is 1.87 bits per heavy atom. The van der Waals surface area contributed by atoms with Crippen molar-refractivity contribution < 1.29 is 38.8 Å². The number of alkyl halides is 1. The van der Waals surface area contributed by atoms with Gasteiger partial charge in [-0.2, -0.15) is 0 Å². The van der Waals surface area contributed by atoms with Crippen LogP contribution in [0.1, 0.15) is 36.0 Å². The molecule has 0 spiro atoms. The Morgan fingerprint density at radius 1 is 1.21 bits per heavy atom. The molecule has 5 N–H and O–H groups in total. The second-order valence-electron chi connectivity index (χ2n) is 11.2. The number of fused-ring (bicyclic) bond motifs is 3. The molecule has 4 atom stereocenters. The zero-order valence-electron chi connectivity index (χ0n) is 22.2. The second-order valence-corrected chi connectivity index (χ2v) is 11.2. The minimum atomic E-state index is -2.12. The number of aliphatic hydroxyl groups is 2. The van der Waals surface area contributed by atoms with Gasteiger partial charge < -0.3 is 25.8 Å². The first kappa shape index (κ1) is 27.3. The van der Waals surface area contributed by atoms with Crippen LogP contribution in [0.25, 0.3) is 5.76 Å². The van der Waals surface area contributed by atoms with Gasteiger partial charge in [-0.1, -0.05) is 6.07 Å². The minimum Gasteiger partial charge on any atom is -0.508 e. The zero-order valence-corrected chi connectivity index (χ0v) is 22.2. The van der Waals surface area contributed by atoms with Gasteiger partial charge in [-0.3, -0.25) is 24.2 Å². The highest BCUT2D eigenvalue weighted by atomic mass is 19.1. The normalized spacial score (nSPS) is 29.9. The van der Waals surface area contributed by atoms with Crippen molar-refractivity contribution in [3.63, 3.8) is 0 Å². The number of halogens is 1. The molecule has 1 saturated carbocycles. The molecule has 39 heavy (non-hydrogen) atoms. The number of primary amides is 1. The lowest BCUT2D eigenvalue weighted by atomic mass is 9.57. The molecule has 0 radical (unpaired) electrons. The van der Waals surface area contributed by atoms with Crippen molar-refractivity contribution >= 4 is 23.2 Å². The molecule has 2 unspecified atom stereocenters. The number of likely N-dealkylation sites (N-methyl/N-ethyl adjacent to an activating group) is 1. The van der Waals surface area contributed by atoms with Gasteiger partial charge in [0.15, 0.2) is 11.4 Å². The fourth-order valence-corrected chi connectivity index (χ4v) is 7.08. The smallest absolute Gasteiger partial charge is 0.255 e. The summed E-state index contributed by atoms with van der Waals surface area (Å²) in [5.41, 5.74) is 4.27. The summed E-state index contributed by atoms with van der Waals surface area (Å²) in [4.78, 5) is 43.5. The monoisotopic (exact) mass is 543 g/mol. The molecule has 5 rings (SSSR count). The standard InChI is InChI=1S/C28H34FN3O7/c1-31(2)22-17-11-14-10-16-13(12-32-8-6-15(29)7-9-32)4-5-18(33)20(16)23(34)19(14)25(36)28(17,39-3)26(37)21(24(22)35)27(30)38/h4-5,14-15,17,22,33-34,37H,6-12H2,1-3H3,(H2,30,38)/t14?,17?,22-,28-/m0/s1. The van der Waals surface area contributed by atoms with Gasteiger partial charge in [-0.15, -0.1) is 0 Å². The van der Waals surface area contributed by atoms with Crippen LogP contribution in [0.4, 0.5) is 4.39 Å². The van der Waals surface area contributed by atoms with Crippen LogP contribution in [0.5, 0.6) is 5.75 Å². The number of methoxy groups -OCH3 is 1. The molecule has 3 aliphatic carbocycles. The van der Waals surface area contributed by atoms with Gasteiger partial charge in [0.1, 0.15) is 29.0 Å². The first-order valence-corrected chi connectivity index (χ1v) is 13.1. The third-order valence-corrected chi connectivity index (χ3v) is 8.90. The Kier molecular flexibility index (Phi) is 6.80. The predicted octanol–water partition coefficient (Wildman–Crippen LogP) is 1.55. The highest BCUT2D eigenvalue weighted by Crippen LogP contribution is 2.54. The number of hydrogen-bond acceptors (Lipinski definition) is 9. The molecule has 11 heteroatoms. The summed E-state index contributed by atoms with van der Waals surface area (Å²) < 4.78 is 19.4. The summed E-state index contributed by atoms with van der Waals surface area (Å²) >= 11 is 0. The summed E-state index contributed by atoms with van der Waals surface area (Å²) in [5.74, 6) is -5.56.